The smallest absolute Gasteiger partial charge is 0.329 e. The van der Waals surface area contributed by atoms with Crippen molar-refractivity contribution in [1.82, 2.24) is 25.1 Å². The van der Waals surface area contributed by atoms with Gasteiger partial charge >= 0.3 is 5.69 Å². The summed E-state index contributed by atoms with van der Waals surface area (Å²) in [7, 11) is 1.67. The van der Waals surface area contributed by atoms with Crippen LogP contribution in [0.25, 0.3) is 11.0 Å². The molecule has 1 aromatic heterocycles. The van der Waals surface area contributed by atoms with Crippen molar-refractivity contribution < 1.29 is 43.0 Å². The van der Waals surface area contributed by atoms with Gasteiger partial charge in [0.05, 0.1) is 48.7 Å². The number of ether oxygens (including phenoxy) is 3. The second kappa shape index (κ2) is 22.3. The highest BCUT2D eigenvalue weighted by Gasteiger charge is 2.41. The molecule has 4 aromatic rings. The molecule has 1 fully saturated rings. The summed E-state index contributed by atoms with van der Waals surface area (Å²) in [6.45, 7) is 3.72. The number of nitrogens with two attached hydrogens (primary N) is 1. The average Bonchev–Trinajstić information content (AvgIpc) is 3.75. The maximum Gasteiger partial charge on any atom is 0.329 e. The third-order valence-electron chi connectivity index (χ3n) is 12.7. The van der Waals surface area contributed by atoms with Crippen LogP contribution < -0.4 is 32.3 Å². The Bertz CT molecular complexity index is 2480. The molecule has 4 atom stereocenters. The van der Waals surface area contributed by atoms with Crippen LogP contribution >= 0.6 is 0 Å². The van der Waals surface area contributed by atoms with Gasteiger partial charge in [-0.3, -0.25) is 48.1 Å². The zero-order valence-corrected chi connectivity index (χ0v) is 37.8. The van der Waals surface area contributed by atoms with Crippen LogP contribution in [0.2, 0.25) is 0 Å². The number of hydrogen-bond donors (Lipinski definition) is 4. The van der Waals surface area contributed by atoms with Crippen molar-refractivity contribution >= 4 is 52.2 Å². The van der Waals surface area contributed by atoms with E-state index in [-0.39, 0.29) is 61.8 Å². The van der Waals surface area contributed by atoms with Gasteiger partial charge in [0.15, 0.2) is 0 Å². The van der Waals surface area contributed by atoms with Crippen molar-refractivity contribution in [3.05, 3.63) is 99.0 Å². The predicted molar refractivity (Wildman–Crippen MR) is 245 cm³/mol. The van der Waals surface area contributed by atoms with Gasteiger partial charge in [-0.1, -0.05) is 48.5 Å². The fourth-order valence-electron chi connectivity index (χ4n) is 9.11. The topological polar surface area (TPSA) is 222 Å². The minimum absolute atomic E-state index is 0.0489. The number of carbonyl (C=O) groups excluding carboxylic acids is 6. The standard InChI is InChI=1S/C49H61N7O10/c1-31(37(18-21-42(50)57)52-48(62)41-28-36-11-3-9-35-10-4-12-45(60)56(41)46(35)36)66-29-34-15-13-32(14-16-34)7-5-23-51-44(59)30-65-26-25-64-24-6-8-33-17-19-38-40(27-33)54(2)49(63)55(38)39-20-22-43(58)53-47(39)61/h3,9,11,13-17,19,27,31,37,39,41H,4-8,10,12,18,20-26,28-30H2,1-2H3,(H2,50,57)(H,51,59)(H,52,62)(H,53,58,61)/t31-,37+,39?,41+/m1/s1. The lowest BCUT2D eigenvalue weighted by molar-refractivity contribution is -0.136. The highest BCUT2D eigenvalue weighted by molar-refractivity contribution is 6.05. The number of nitrogens with one attached hydrogen (secondary N) is 3. The number of primary amides is 1. The first-order chi connectivity index (χ1) is 31.9. The van der Waals surface area contributed by atoms with Crippen LogP contribution in [0.1, 0.15) is 92.1 Å². The number of aromatic nitrogens is 2. The van der Waals surface area contributed by atoms with Gasteiger partial charge in [0.25, 0.3) is 0 Å². The fraction of sp³-hybridized carbons (Fsp3) is 0.490. The summed E-state index contributed by atoms with van der Waals surface area (Å²) in [5, 5.41) is 8.31. The summed E-state index contributed by atoms with van der Waals surface area (Å²) in [5.41, 5.74) is 12.6. The summed E-state index contributed by atoms with van der Waals surface area (Å²) in [4.78, 5) is 89.8. The van der Waals surface area contributed by atoms with Crippen LogP contribution in [0.3, 0.4) is 0 Å². The molecular formula is C49H61N7O10. The predicted octanol–water partition coefficient (Wildman–Crippen LogP) is 2.98. The van der Waals surface area contributed by atoms with Crippen LogP contribution in [0.15, 0.2) is 65.5 Å². The molecule has 7 rings (SSSR count). The van der Waals surface area contributed by atoms with Gasteiger partial charge < -0.3 is 30.6 Å². The number of benzene rings is 3. The molecule has 0 spiro atoms. The third kappa shape index (κ3) is 11.8. The number of imide groups is 1. The van der Waals surface area contributed by atoms with E-state index in [1.54, 1.807) is 11.9 Å². The molecule has 0 radical (unpaired) electrons. The van der Waals surface area contributed by atoms with Gasteiger partial charge in [0.1, 0.15) is 18.7 Å². The van der Waals surface area contributed by atoms with E-state index in [2.05, 4.69) is 16.0 Å². The van der Waals surface area contributed by atoms with Crippen LogP contribution in [0.4, 0.5) is 5.69 Å². The Morgan fingerprint density at radius 3 is 2.39 bits per heavy atom. The molecular weight excluding hydrogens is 847 g/mol. The number of para-hydroxylation sites is 1. The molecule has 1 saturated heterocycles. The zero-order chi connectivity index (χ0) is 46.7. The van der Waals surface area contributed by atoms with Gasteiger partial charge in [-0.15, -0.1) is 0 Å². The van der Waals surface area contributed by atoms with Crippen molar-refractivity contribution in [2.45, 2.75) is 115 Å². The molecule has 66 heavy (non-hydrogen) atoms. The number of anilines is 1. The first-order valence-corrected chi connectivity index (χ1v) is 23.0. The van der Waals surface area contributed by atoms with Crippen molar-refractivity contribution in [1.29, 1.82) is 0 Å². The Morgan fingerprint density at radius 1 is 0.864 bits per heavy atom. The summed E-state index contributed by atoms with van der Waals surface area (Å²) in [6.07, 6.45) is 5.77. The minimum atomic E-state index is -0.720. The number of hydrogen-bond acceptors (Lipinski definition) is 10. The number of fused-ring (bicyclic) bond motifs is 1. The summed E-state index contributed by atoms with van der Waals surface area (Å²) < 4.78 is 20.4. The van der Waals surface area contributed by atoms with E-state index < -0.39 is 36.0 Å². The first kappa shape index (κ1) is 47.8. The molecule has 0 bridgehead atoms. The number of aryl methyl sites for hydroxylation is 4. The van der Waals surface area contributed by atoms with Crippen LogP contribution in [0, 0.1) is 0 Å². The van der Waals surface area contributed by atoms with Gasteiger partial charge in [0.2, 0.25) is 35.4 Å². The van der Waals surface area contributed by atoms with Crippen molar-refractivity contribution in [3.63, 3.8) is 0 Å². The van der Waals surface area contributed by atoms with Crippen LogP contribution in [-0.4, -0.2) is 95.7 Å². The molecule has 6 amide bonds. The monoisotopic (exact) mass is 907 g/mol. The second-order valence-corrected chi connectivity index (χ2v) is 17.4. The first-order valence-electron chi connectivity index (χ1n) is 23.0. The Balaban J connectivity index is 0.753. The Kier molecular flexibility index (Phi) is 16.2. The summed E-state index contributed by atoms with van der Waals surface area (Å²) in [5.74, 6) is -1.77. The second-order valence-electron chi connectivity index (χ2n) is 17.4. The highest BCUT2D eigenvalue weighted by Crippen LogP contribution is 2.39. The van der Waals surface area contributed by atoms with E-state index in [9.17, 15) is 33.6 Å². The lowest BCUT2D eigenvalue weighted by Crippen LogP contribution is -2.53. The number of amides is 6. The van der Waals surface area contributed by atoms with E-state index in [0.717, 1.165) is 77.5 Å². The maximum atomic E-state index is 13.8. The molecule has 0 saturated carbocycles. The molecule has 4 heterocycles. The molecule has 352 valence electrons. The summed E-state index contributed by atoms with van der Waals surface area (Å²) >= 11 is 0. The van der Waals surface area contributed by atoms with Crippen molar-refractivity contribution in [3.8, 4) is 0 Å². The lowest BCUT2D eigenvalue weighted by atomic mass is 10.0. The zero-order valence-electron chi connectivity index (χ0n) is 37.8. The average molecular weight is 908 g/mol. The molecule has 17 nitrogen and oxygen atoms in total. The fourth-order valence-corrected chi connectivity index (χ4v) is 9.11. The molecule has 5 N–H and O–H groups in total. The van der Waals surface area contributed by atoms with E-state index in [0.29, 0.717) is 51.1 Å². The number of rotatable bonds is 23. The van der Waals surface area contributed by atoms with E-state index in [1.807, 2.05) is 67.6 Å². The van der Waals surface area contributed by atoms with E-state index in [1.165, 1.54) is 9.13 Å². The molecule has 1 unspecified atom stereocenters. The number of imidazole rings is 1. The molecule has 3 aromatic carbocycles. The number of nitrogens with zero attached hydrogens (tertiary/aromatic N) is 3. The Labute approximate surface area is 383 Å². The summed E-state index contributed by atoms with van der Waals surface area (Å²) in [6, 6.07) is 17.9. The minimum Gasteiger partial charge on any atom is -0.379 e. The Morgan fingerprint density at radius 2 is 1.61 bits per heavy atom. The van der Waals surface area contributed by atoms with E-state index >= 15 is 0 Å². The number of carbonyl (C=O) groups is 6. The SMILES string of the molecule is C[C@@H](OCc1ccc(CCCNC(=O)COCCOCCCc2ccc3c(c2)n(C)c(=O)n3C2CCC(=O)NC2=O)cc1)[C@H](CCC(N)=O)NC(=O)[C@@H]1Cc2cccc3c2N1C(=O)CCC3. The van der Waals surface area contributed by atoms with Crippen molar-refractivity contribution in [2.24, 2.45) is 12.8 Å². The quantitative estimate of drug-likeness (QED) is 0.0630. The molecule has 3 aliphatic rings. The third-order valence-corrected chi connectivity index (χ3v) is 12.7. The van der Waals surface area contributed by atoms with Gasteiger partial charge in [0, 0.05) is 45.9 Å². The van der Waals surface area contributed by atoms with Crippen molar-refractivity contribution in [2.75, 3.05) is 37.9 Å². The highest BCUT2D eigenvalue weighted by atomic mass is 16.5. The van der Waals surface area contributed by atoms with Gasteiger partial charge in [-0.25, -0.2) is 4.79 Å². The Hall–Kier alpha value is -6.17. The van der Waals surface area contributed by atoms with Crippen LogP contribution in [0.5, 0.6) is 0 Å². The largest absolute Gasteiger partial charge is 0.379 e. The van der Waals surface area contributed by atoms with E-state index in [4.69, 9.17) is 19.9 Å². The molecule has 0 aliphatic carbocycles. The van der Waals surface area contributed by atoms with Gasteiger partial charge in [-0.05, 0) is 98.2 Å². The molecule has 17 heteroatoms. The maximum absolute atomic E-state index is 13.8. The normalized spacial score (nSPS) is 17.8. The molecule has 3 aliphatic heterocycles. The lowest BCUT2D eigenvalue weighted by Gasteiger charge is -2.29. The number of piperidine rings is 1. The van der Waals surface area contributed by atoms with Gasteiger partial charge in [-0.2, -0.15) is 0 Å². The van der Waals surface area contributed by atoms with Crippen LogP contribution in [-0.2, 0) is 82.3 Å².